The van der Waals surface area contributed by atoms with E-state index >= 15 is 0 Å². The minimum atomic E-state index is -0.665. The van der Waals surface area contributed by atoms with E-state index in [0.29, 0.717) is 12.6 Å². The Bertz CT molecular complexity index is 297. The molecule has 0 aromatic carbocycles. The molecule has 0 amide bonds. The topological polar surface area (TPSA) is 58.6 Å². The van der Waals surface area contributed by atoms with Gasteiger partial charge >= 0.3 is 5.97 Å². The van der Waals surface area contributed by atoms with Crippen LogP contribution in [0, 0.1) is 0 Å². The Kier molecular flexibility index (Phi) is 4.53. The largest absolute Gasteiger partial charge is 0.468 e. The molecule has 1 saturated carbocycles. The predicted molar refractivity (Wildman–Crippen MR) is 66.3 cm³/mol. The number of ether oxygens (including phenoxy) is 1. The summed E-state index contributed by atoms with van der Waals surface area (Å²) in [5.41, 5.74) is 0. The van der Waals surface area contributed by atoms with Crippen LogP contribution in [0.4, 0.5) is 0 Å². The molecule has 0 radical (unpaired) electrons. The summed E-state index contributed by atoms with van der Waals surface area (Å²) in [6.07, 6.45) is 2.30. The first-order valence-electron chi connectivity index (χ1n) is 6.10. The van der Waals surface area contributed by atoms with Crippen LogP contribution in [0.1, 0.15) is 12.8 Å². The van der Waals surface area contributed by atoms with E-state index in [1.165, 1.54) is 7.11 Å². The van der Waals surface area contributed by atoms with Crippen LogP contribution in [0.3, 0.4) is 0 Å². The molecule has 1 saturated heterocycles. The maximum absolute atomic E-state index is 11.6. The molecule has 0 aromatic rings. The summed E-state index contributed by atoms with van der Waals surface area (Å²) in [5.74, 6) is 1.25. The smallest absolute Gasteiger partial charge is 0.324 e. The molecule has 1 heterocycles. The molecule has 1 atom stereocenters. The number of carbonyl (C=O) groups excluding carboxylic acids is 1. The van der Waals surface area contributed by atoms with Crippen LogP contribution in [0.25, 0.3) is 0 Å². The molecule has 2 fully saturated rings. The normalized spacial score (nSPS) is 24.5. The molecule has 1 aliphatic heterocycles. The number of esters is 1. The quantitative estimate of drug-likeness (QED) is 0.665. The van der Waals surface area contributed by atoms with E-state index in [1.54, 1.807) is 0 Å². The molecule has 1 unspecified atom stereocenters. The second-order valence-electron chi connectivity index (χ2n) is 4.67. The molecule has 1 aliphatic carbocycles. The summed E-state index contributed by atoms with van der Waals surface area (Å²) in [6, 6.07) is 0.247. The third-order valence-electron chi connectivity index (χ3n) is 3.21. The molecule has 2 aliphatic rings. The first kappa shape index (κ1) is 13.0. The van der Waals surface area contributed by atoms with Crippen molar-refractivity contribution in [3.8, 4) is 0 Å². The summed E-state index contributed by atoms with van der Waals surface area (Å²) in [4.78, 5) is 13.8. The lowest BCUT2D eigenvalue weighted by Gasteiger charge is -2.29. The van der Waals surface area contributed by atoms with Crippen molar-refractivity contribution in [3.05, 3.63) is 0 Å². The van der Waals surface area contributed by atoms with Crippen molar-refractivity contribution in [2.75, 3.05) is 38.2 Å². The molecular weight excluding hydrogens is 240 g/mol. The van der Waals surface area contributed by atoms with Crippen molar-refractivity contribution in [3.63, 3.8) is 0 Å². The molecular formula is C11H20N2O3S. The van der Waals surface area contributed by atoms with Gasteiger partial charge in [-0.3, -0.25) is 13.9 Å². The molecule has 98 valence electrons. The Labute approximate surface area is 104 Å². The molecule has 17 heavy (non-hydrogen) atoms. The van der Waals surface area contributed by atoms with E-state index in [-0.39, 0.29) is 12.0 Å². The zero-order valence-electron chi connectivity index (χ0n) is 10.2. The molecule has 5 nitrogen and oxygen atoms in total. The van der Waals surface area contributed by atoms with E-state index in [4.69, 9.17) is 4.74 Å². The monoisotopic (exact) mass is 260 g/mol. The lowest BCUT2D eigenvalue weighted by molar-refractivity contribution is -0.143. The lowest BCUT2D eigenvalue weighted by atomic mass is 10.2. The summed E-state index contributed by atoms with van der Waals surface area (Å²) in [6.45, 7) is 2.29. The highest BCUT2D eigenvalue weighted by Gasteiger charge is 2.30. The van der Waals surface area contributed by atoms with Crippen LogP contribution >= 0.6 is 0 Å². The van der Waals surface area contributed by atoms with Gasteiger partial charge in [-0.05, 0) is 12.8 Å². The zero-order chi connectivity index (χ0) is 12.3. The highest BCUT2D eigenvalue weighted by molar-refractivity contribution is 7.85. The van der Waals surface area contributed by atoms with E-state index in [9.17, 15) is 9.00 Å². The third-order valence-corrected chi connectivity index (χ3v) is 4.49. The van der Waals surface area contributed by atoms with Gasteiger partial charge < -0.3 is 10.1 Å². The van der Waals surface area contributed by atoms with E-state index < -0.39 is 10.8 Å². The number of nitrogens with one attached hydrogen (secondary N) is 1. The van der Waals surface area contributed by atoms with Crippen molar-refractivity contribution >= 4 is 16.8 Å². The fraction of sp³-hybridized carbons (Fsp3) is 0.909. The van der Waals surface area contributed by atoms with Gasteiger partial charge in [0.1, 0.15) is 6.04 Å². The number of rotatable bonds is 5. The Morgan fingerprint density at radius 2 is 2.12 bits per heavy atom. The fourth-order valence-corrected chi connectivity index (χ4v) is 3.12. The minimum Gasteiger partial charge on any atom is -0.468 e. The van der Waals surface area contributed by atoms with Gasteiger partial charge in [0.15, 0.2) is 0 Å². The molecule has 1 N–H and O–H groups in total. The van der Waals surface area contributed by atoms with Crippen molar-refractivity contribution < 1.29 is 13.7 Å². The number of nitrogens with zero attached hydrogens (tertiary/aromatic N) is 1. The summed E-state index contributed by atoms with van der Waals surface area (Å²) in [5, 5.41) is 3.31. The first-order valence-corrected chi connectivity index (χ1v) is 7.59. The van der Waals surface area contributed by atoms with Crippen molar-refractivity contribution in [1.29, 1.82) is 0 Å². The number of carbonyl (C=O) groups is 1. The van der Waals surface area contributed by atoms with Gasteiger partial charge in [0.2, 0.25) is 0 Å². The lowest BCUT2D eigenvalue weighted by Crippen LogP contribution is -2.50. The summed E-state index contributed by atoms with van der Waals surface area (Å²) in [7, 11) is 0.761. The molecule has 2 rings (SSSR count). The van der Waals surface area contributed by atoms with Crippen molar-refractivity contribution in [2.24, 2.45) is 0 Å². The fourth-order valence-electron chi connectivity index (χ4n) is 1.99. The molecule has 0 aromatic heterocycles. The summed E-state index contributed by atoms with van der Waals surface area (Å²) >= 11 is 0. The molecule has 6 heteroatoms. The average molecular weight is 260 g/mol. The van der Waals surface area contributed by atoms with Crippen LogP contribution in [0.5, 0.6) is 0 Å². The molecule has 0 spiro atoms. The van der Waals surface area contributed by atoms with Crippen LogP contribution in [-0.2, 0) is 20.3 Å². The van der Waals surface area contributed by atoms with Crippen LogP contribution < -0.4 is 5.32 Å². The van der Waals surface area contributed by atoms with Crippen molar-refractivity contribution in [2.45, 2.75) is 24.9 Å². The Morgan fingerprint density at radius 3 is 2.65 bits per heavy atom. The van der Waals surface area contributed by atoms with Crippen molar-refractivity contribution in [1.82, 2.24) is 10.2 Å². The van der Waals surface area contributed by atoms with E-state index in [2.05, 4.69) is 10.2 Å². The van der Waals surface area contributed by atoms with Crippen LogP contribution in [-0.4, -0.2) is 65.4 Å². The predicted octanol–water partition coefficient (Wildman–Crippen LogP) is -0.656. The van der Waals surface area contributed by atoms with Gasteiger partial charge in [0.25, 0.3) is 0 Å². The first-order chi connectivity index (χ1) is 8.19. The van der Waals surface area contributed by atoms with Gasteiger partial charge in [-0.2, -0.15) is 0 Å². The van der Waals surface area contributed by atoms with Crippen LogP contribution in [0.2, 0.25) is 0 Å². The van der Waals surface area contributed by atoms with Crippen LogP contribution in [0.15, 0.2) is 0 Å². The minimum absolute atomic E-state index is 0.191. The standard InChI is InChI=1S/C11H20N2O3S/c1-16-11(14)10(12-9-2-3-9)8-13-4-6-17(15)7-5-13/h9-10,12H,2-8H2,1H3. The second kappa shape index (κ2) is 5.93. The maximum atomic E-state index is 11.6. The number of hydrogen-bond acceptors (Lipinski definition) is 5. The average Bonchev–Trinajstić information content (AvgIpc) is 3.14. The van der Waals surface area contributed by atoms with Gasteiger partial charge in [-0.1, -0.05) is 0 Å². The Morgan fingerprint density at radius 1 is 1.47 bits per heavy atom. The Hall–Kier alpha value is -0.460. The van der Waals surface area contributed by atoms with E-state index in [0.717, 1.165) is 37.4 Å². The highest BCUT2D eigenvalue weighted by atomic mass is 32.2. The highest BCUT2D eigenvalue weighted by Crippen LogP contribution is 2.20. The van der Waals surface area contributed by atoms with Gasteiger partial charge in [-0.25, -0.2) is 0 Å². The Balaban J connectivity index is 1.82. The van der Waals surface area contributed by atoms with Gasteiger partial charge in [0.05, 0.1) is 7.11 Å². The zero-order valence-corrected chi connectivity index (χ0v) is 11.0. The van der Waals surface area contributed by atoms with Gasteiger partial charge in [-0.15, -0.1) is 0 Å². The number of methoxy groups -OCH3 is 1. The SMILES string of the molecule is COC(=O)C(CN1CCS(=O)CC1)NC1CC1. The van der Waals surface area contributed by atoms with E-state index in [1.807, 2.05) is 0 Å². The third kappa shape index (κ3) is 4.04. The summed E-state index contributed by atoms with van der Waals surface area (Å²) < 4.78 is 16.1. The molecule has 0 bridgehead atoms. The van der Waals surface area contributed by atoms with Gasteiger partial charge in [0, 0.05) is 48.0 Å². The maximum Gasteiger partial charge on any atom is 0.324 e. The second-order valence-corrected chi connectivity index (χ2v) is 6.36. The number of hydrogen-bond donors (Lipinski definition) is 1.